The Bertz CT molecular complexity index is 1010. The van der Waals surface area contributed by atoms with Crippen LogP contribution < -0.4 is 10.2 Å². The van der Waals surface area contributed by atoms with Gasteiger partial charge in [-0.2, -0.15) is 18.4 Å². The smallest absolute Gasteiger partial charge is 0.370 e. The second kappa shape index (κ2) is 7.98. The zero-order chi connectivity index (χ0) is 22.1. The van der Waals surface area contributed by atoms with Crippen molar-refractivity contribution >= 4 is 17.3 Å². The van der Waals surface area contributed by atoms with Crippen molar-refractivity contribution in [3.63, 3.8) is 0 Å². The summed E-state index contributed by atoms with van der Waals surface area (Å²) in [5.41, 5.74) is -0.819. The lowest BCUT2D eigenvalue weighted by Crippen LogP contribution is -2.44. The number of halogens is 4. The maximum Gasteiger partial charge on any atom is 0.417 e. The summed E-state index contributed by atoms with van der Waals surface area (Å²) in [6.45, 7) is 4.42. The number of alkyl halides is 3. The largest absolute Gasteiger partial charge is 0.417 e. The van der Waals surface area contributed by atoms with Crippen molar-refractivity contribution in [3.8, 4) is 6.07 Å². The molecule has 1 N–H and O–H groups in total. The van der Waals surface area contributed by atoms with E-state index < -0.39 is 28.6 Å². The van der Waals surface area contributed by atoms with Crippen LogP contribution in [0.1, 0.15) is 37.0 Å². The summed E-state index contributed by atoms with van der Waals surface area (Å²) >= 11 is 0. The SMILES string of the molecule is CC(C)(CN1CCCc2cc(F)ccc21)C(=O)Nc1ccc(C#N)c(C(F)(F)F)c1. The number of hydrogen-bond acceptors (Lipinski definition) is 3. The van der Waals surface area contributed by atoms with Gasteiger partial charge in [-0.25, -0.2) is 4.39 Å². The van der Waals surface area contributed by atoms with Gasteiger partial charge in [0.1, 0.15) is 5.82 Å². The predicted molar refractivity (Wildman–Crippen MR) is 106 cm³/mol. The van der Waals surface area contributed by atoms with Gasteiger partial charge in [0, 0.05) is 24.5 Å². The van der Waals surface area contributed by atoms with Gasteiger partial charge in [0.25, 0.3) is 0 Å². The minimum absolute atomic E-state index is 0.0273. The summed E-state index contributed by atoms with van der Waals surface area (Å²) in [6, 6.07) is 9.16. The van der Waals surface area contributed by atoms with Gasteiger partial charge in [-0.05, 0) is 68.7 Å². The van der Waals surface area contributed by atoms with Crippen LogP contribution in [0, 0.1) is 22.6 Å². The zero-order valence-electron chi connectivity index (χ0n) is 16.6. The van der Waals surface area contributed by atoms with Gasteiger partial charge < -0.3 is 10.2 Å². The highest BCUT2D eigenvalue weighted by Crippen LogP contribution is 2.35. The van der Waals surface area contributed by atoms with Gasteiger partial charge >= 0.3 is 6.18 Å². The number of anilines is 2. The van der Waals surface area contributed by atoms with Gasteiger partial charge in [-0.3, -0.25) is 4.79 Å². The van der Waals surface area contributed by atoms with Crippen molar-refractivity contribution in [2.45, 2.75) is 32.9 Å². The molecule has 0 saturated heterocycles. The average molecular weight is 419 g/mol. The van der Waals surface area contributed by atoms with Crippen LogP contribution in [0.15, 0.2) is 36.4 Å². The van der Waals surface area contributed by atoms with E-state index in [9.17, 15) is 22.4 Å². The molecule has 0 spiro atoms. The molecule has 1 aliphatic rings. The number of fused-ring (bicyclic) bond motifs is 1. The molecule has 0 bridgehead atoms. The molecule has 8 heteroatoms. The molecule has 0 aliphatic carbocycles. The molecule has 0 atom stereocenters. The van der Waals surface area contributed by atoms with Crippen LogP contribution in [0.5, 0.6) is 0 Å². The molecule has 1 aliphatic heterocycles. The van der Waals surface area contributed by atoms with Crippen molar-refractivity contribution in [2.75, 3.05) is 23.3 Å². The summed E-state index contributed by atoms with van der Waals surface area (Å²) in [4.78, 5) is 14.8. The molecule has 1 amide bonds. The first-order valence-electron chi connectivity index (χ1n) is 9.47. The van der Waals surface area contributed by atoms with Crippen molar-refractivity contribution in [1.82, 2.24) is 0 Å². The van der Waals surface area contributed by atoms with Crippen LogP contribution >= 0.6 is 0 Å². The molecule has 0 radical (unpaired) electrons. The van der Waals surface area contributed by atoms with E-state index in [0.717, 1.165) is 36.2 Å². The van der Waals surface area contributed by atoms with E-state index in [1.54, 1.807) is 19.9 Å². The first kappa shape index (κ1) is 21.6. The third kappa shape index (κ3) is 4.56. The minimum atomic E-state index is -4.70. The molecule has 30 heavy (non-hydrogen) atoms. The first-order chi connectivity index (χ1) is 14.0. The van der Waals surface area contributed by atoms with Gasteiger partial charge in [-0.15, -0.1) is 0 Å². The normalized spacial score (nSPS) is 14.1. The molecule has 2 aromatic carbocycles. The molecule has 0 unspecified atom stereocenters. The lowest BCUT2D eigenvalue weighted by Gasteiger charge is -2.37. The number of nitriles is 1. The Hall–Kier alpha value is -3.08. The highest BCUT2D eigenvalue weighted by Gasteiger charge is 2.35. The zero-order valence-corrected chi connectivity index (χ0v) is 16.6. The highest BCUT2D eigenvalue weighted by atomic mass is 19.4. The Morgan fingerprint density at radius 1 is 1.20 bits per heavy atom. The lowest BCUT2D eigenvalue weighted by atomic mass is 9.89. The average Bonchev–Trinajstić information content (AvgIpc) is 2.67. The van der Waals surface area contributed by atoms with Gasteiger partial charge in [0.2, 0.25) is 5.91 Å². The molecular formula is C22H21F4N3O. The highest BCUT2D eigenvalue weighted by molar-refractivity contribution is 5.95. The number of hydrogen-bond donors (Lipinski definition) is 1. The topological polar surface area (TPSA) is 56.1 Å². The van der Waals surface area contributed by atoms with E-state index in [4.69, 9.17) is 5.26 Å². The lowest BCUT2D eigenvalue weighted by molar-refractivity contribution is -0.137. The van der Waals surface area contributed by atoms with E-state index in [2.05, 4.69) is 5.32 Å². The number of nitrogens with one attached hydrogen (secondary N) is 1. The Balaban J connectivity index is 1.79. The summed E-state index contributed by atoms with van der Waals surface area (Å²) < 4.78 is 53.0. The molecule has 3 rings (SSSR count). The third-order valence-corrected chi connectivity index (χ3v) is 5.16. The van der Waals surface area contributed by atoms with Crippen molar-refractivity contribution in [2.24, 2.45) is 5.41 Å². The Labute approximate surface area is 172 Å². The third-order valence-electron chi connectivity index (χ3n) is 5.16. The second-order valence-electron chi connectivity index (χ2n) is 8.01. The first-order valence-corrected chi connectivity index (χ1v) is 9.47. The van der Waals surface area contributed by atoms with E-state index >= 15 is 0 Å². The maximum atomic E-state index is 13.5. The molecule has 0 saturated carbocycles. The number of nitrogens with zero attached hydrogens (tertiary/aromatic N) is 2. The Morgan fingerprint density at radius 2 is 1.93 bits per heavy atom. The summed E-state index contributed by atoms with van der Waals surface area (Å²) in [6.07, 6.45) is -3.13. The van der Waals surface area contributed by atoms with Crippen LogP contribution in [0.2, 0.25) is 0 Å². The molecule has 1 heterocycles. The van der Waals surface area contributed by atoms with Crippen LogP contribution in [0.3, 0.4) is 0 Å². The summed E-state index contributed by atoms with van der Waals surface area (Å²) in [7, 11) is 0. The molecule has 0 aromatic heterocycles. The predicted octanol–water partition coefficient (Wildman–Crippen LogP) is 5.13. The number of rotatable bonds is 4. The van der Waals surface area contributed by atoms with E-state index in [-0.39, 0.29) is 11.5 Å². The summed E-state index contributed by atoms with van der Waals surface area (Å²) in [5.74, 6) is -0.761. The fraction of sp³-hybridized carbons (Fsp3) is 0.364. The second-order valence-corrected chi connectivity index (χ2v) is 8.01. The van der Waals surface area contributed by atoms with Crippen LogP contribution in [0.4, 0.5) is 28.9 Å². The molecular weight excluding hydrogens is 398 g/mol. The number of benzene rings is 2. The molecule has 2 aromatic rings. The van der Waals surface area contributed by atoms with Gasteiger partial charge in [0.05, 0.1) is 22.6 Å². The molecule has 158 valence electrons. The fourth-order valence-electron chi connectivity index (χ4n) is 3.61. The molecule has 0 fully saturated rings. The summed E-state index contributed by atoms with van der Waals surface area (Å²) in [5, 5.41) is 11.4. The monoisotopic (exact) mass is 419 g/mol. The number of aryl methyl sites for hydroxylation is 1. The van der Waals surface area contributed by atoms with Crippen LogP contribution in [-0.2, 0) is 17.4 Å². The van der Waals surface area contributed by atoms with Crippen molar-refractivity contribution in [1.29, 1.82) is 5.26 Å². The van der Waals surface area contributed by atoms with Crippen molar-refractivity contribution < 1.29 is 22.4 Å². The fourth-order valence-corrected chi connectivity index (χ4v) is 3.61. The van der Waals surface area contributed by atoms with Crippen LogP contribution in [0.25, 0.3) is 0 Å². The standard InChI is InChI=1S/C22H21F4N3O/c1-21(2,13-29-9-3-4-14-10-16(23)6-8-19(14)29)20(30)28-17-7-5-15(12-27)18(11-17)22(24,25)26/h5-8,10-11H,3-4,9,13H2,1-2H3,(H,28,30). The van der Waals surface area contributed by atoms with E-state index in [0.29, 0.717) is 13.1 Å². The van der Waals surface area contributed by atoms with Crippen LogP contribution in [-0.4, -0.2) is 19.0 Å². The Kier molecular flexibility index (Phi) is 5.75. The number of carbonyl (C=O) groups excluding carboxylic acids is 1. The van der Waals surface area contributed by atoms with Gasteiger partial charge in [-0.1, -0.05) is 0 Å². The van der Waals surface area contributed by atoms with Gasteiger partial charge in [0.15, 0.2) is 0 Å². The van der Waals surface area contributed by atoms with E-state index in [1.165, 1.54) is 24.3 Å². The van der Waals surface area contributed by atoms with Crippen molar-refractivity contribution in [3.05, 3.63) is 58.9 Å². The quantitative estimate of drug-likeness (QED) is 0.699. The minimum Gasteiger partial charge on any atom is -0.370 e. The number of amides is 1. The number of carbonyl (C=O) groups is 1. The maximum absolute atomic E-state index is 13.5. The molecule has 4 nitrogen and oxygen atoms in total. The Morgan fingerprint density at radius 3 is 2.60 bits per heavy atom. The van der Waals surface area contributed by atoms with E-state index in [1.807, 2.05) is 4.90 Å².